The predicted molar refractivity (Wildman–Crippen MR) is 163 cm³/mol. The van der Waals surface area contributed by atoms with Gasteiger partial charge in [-0.2, -0.15) is 0 Å². The van der Waals surface area contributed by atoms with Gasteiger partial charge in [0.2, 0.25) is 0 Å². The van der Waals surface area contributed by atoms with Crippen LogP contribution in [0.2, 0.25) is 0 Å². The SMILES string of the molecule is COc1ccc(C(=O)NC2CC(c3ccc(Br)cc3)N(C(=O)OC(C)(C)C)C2)cc1-c1ccc(C(C)(C)C)cc1. The van der Waals surface area contributed by atoms with Gasteiger partial charge >= 0.3 is 6.09 Å². The highest BCUT2D eigenvalue weighted by atomic mass is 79.9. The Labute approximate surface area is 246 Å². The van der Waals surface area contributed by atoms with Crippen molar-refractivity contribution in [1.29, 1.82) is 0 Å². The second kappa shape index (κ2) is 11.7. The van der Waals surface area contributed by atoms with Gasteiger partial charge in [-0.3, -0.25) is 9.69 Å². The fourth-order valence-corrected chi connectivity index (χ4v) is 5.22. The van der Waals surface area contributed by atoms with Crippen molar-refractivity contribution in [1.82, 2.24) is 10.2 Å². The normalized spacial score (nSPS) is 17.4. The van der Waals surface area contributed by atoms with Crippen LogP contribution in [0.5, 0.6) is 5.75 Å². The van der Waals surface area contributed by atoms with E-state index in [0.29, 0.717) is 24.3 Å². The third kappa shape index (κ3) is 7.05. The molecule has 0 saturated carbocycles. The topological polar surface area (TPSA) is 67.9 Å². The van der Waals surface area contributed by atoms with Gasteiger partial charge in [-0.15, -0.1) is 0 Å². The minimum absolute atomic E-state index is 0.0485. The number of ether oxygens (including phenoxy) is 2. The van der Waals surface area contributed by atoms with Crippen molar-refractivity contribution in [2.24, 2.45) is 0 Å². The average molecular weight is 608 g/mol. The molecule has 40 heavy (non-hydrogen) atoms. The molecule has 2 atom stereocenters. The van der Waals surface area contributed by atoms with E-state index in [1.54, 1.807) is 18.1 Å². The van der Waals surface area contributed by atoms with Crippen LogP contribution in [0.1, 0.15) is 75.5 Å². The maximum absolute atomic E-state index is 13.5. The van der Waals surface area contributed by atoms with E-state index in [4.69, 9.17) is 9.47 Å². The summed E-state index contributed by atoms with van der Waals surface area (Å²) < 4.78 is 12.3. The summed E-state index contributed by atoms with van der Waals surface area (Å²) in [6.45, 7) is 12.5. The van der Waals surface area contributed by atoms with Gasteiger partial charge in [-0.05, 0) is 79.6 Å². The van der Waals surface area contributed by atoms with Gasteiger partial charge in [-0.1, -0.05) is 73.1 Å². The summed E-state index contributed by atoms with van der Waals surface area (Å²) in [5, 5.41) is 3.16. The molecule has 4 rings (SSSR count). The van der Waals surface area contributed by atoms with Crippen molar-refractivity contribution in [3.05, 3.63) is 87.9 Å². The molecule has 1 aliphatic rings. The van der Waals surface area contributed by atoms with Gasteiger partial charge in [0, 0.05) is 28.2 Å². The Balaban J connectivity index is 1.56. The lowest BCUT2D eigenvalue weighted by Crippen LogP contribution is -2.40. The number of halogens is 1. The van der Waals surface area contributed by atoms with Crippen LogP contribution >= 0.6 is 15.9 Å². The number of nitrogens with one attached hydrogen (secondary N) is 1. The van der Waals surface area contributed by atoms with E-state index in [-0.39, 0.29) is 29.5 Å². The molecule has 0 radical (unpaired) electrons. The van der Waals surface area contributed by atoms with Crippen molar-refractivity contribution >= 4 is 27.9 Å². The van der Waals surface area contributed by atoms with Crippen LogP contribution < -0.4 is 10.1 Å². The Kier molecular flexibility index (Phi) is 8.64. The van der Waals surface area contributed by atoms with Crippen LogP contribution in [0.4, 0.5) is 4.79 Å². The quantitative estimate of drug-likeness (QED) is 0.320. The number of carbonyl (C=O) groups is 2. The summed E-state index contributed by atoms with van der Waals surface area (Å²) in [6.07, 6.45) is 0.201. The number of amides is 2. The van der Waals surface area contributed by atoms with Crippen molar-refractivity contribution in [2.45, 2.75) is 71.1 Å². The molecule has 1 aliphatic heterocycles. The lowest BCUT2D eigenvalue weighted by Gasteiger charge is -2.28. The summed E-state index contributed by atoms with van der Waals surface area (Å²) in [5.41, 5.74) is 4.03. The first-order valence-corrected chi connectivity index (χ1v) is 14.4. The maximum Gasteiger partial charge on any atom is 0.410 e. The highest BCUT2D eigenvalue weighted by Crippen LogP contribution is 2.35. The third-order valence-electron chi connectivity index (χ3n) is 7.04. The largest absolute Gasteiger partial charge is 0.496 e. The summed E-state index contributed by atoms with van der Waals surface area (Å²) in [6, 6.07) is 21.3. The van der Waals surface area contributed by atoms with E-state index < -0.39 is 5.60 Å². The first-order chi connectivity index (χ1) is 18.7. The molecule has 0 bridgehead atoms. The highest BCUT2D eigenvalue weighted by molar-refractivity contribution is 9.10. The molecule has 2 unspecified atom stereocenters. The average Bonchev–Trinajstić information content (AvgIpc) is 3.31. The lowest BCUT2D eigenvalue weighted by atomic mass is 9.86. The molecule has 0 spiro atoms. The van der Waals surface area contributed by atoms with Crippen molar-refractivity contribution in [3.63, 3.8) is 0 Å². The molecular weight excluding hydrogens is 568 g/mol. The summed E-state index contributed by atoms with van der Waals surface area (Å²) in [7, 11) is 1.63. The minimum atomic E-state index is -0.618. The molecule has 1 heterocycles. The standard InChI is InChI=1S/C33H39BrN2O4/c1-32(2,3)24-13-8-21(9-14-24)27-18-23(12-17-29(27)39-7)30(37)35-26-19-28(22-10-15-25(34)16-11-22)36(20-26)31(38)40-33(4,5)6/h8-18,26,28H,19-20H2,1-7H3,(H,35,37). The van der Waals surface area contributed by atoms with Crippen LogP contribution in [0.15, 0.2) is 71.2 Å². The molecule has 212 valence electrons. The minimum Gasteiger partial charge on any atom is -0.496 e. The van der Waals surface area contributed by atoms with Gasteiger partial charge in [0.05, 0.1) is 13.2 Å². The molecule has 1 saturated heterocycles. The van der Waals surface area contributed by atoms with Crippen LogP contribution in [0.25, 0.3) is 11.1 Å². The Morgan fingerprint density at radius 2 is 1.57 bits per heavy atom. The number of hydrogen-bond donors (Lipinski definition) is 1. The molecule has 0 aliphatic carbocycles. The molecule has 3 aromatic rings. The Morgan fingerprint density at radius 1 is 0.925 bits per heavy atom. The van der Waals surface area contributed by atoms with Crippen LogP contribution in [-0.4, -0.2) is 42.2 Å². The zero-order chi connectivity index (χ0) is 29.2. The van der Waals surface area contributed by atoms with Gasteiger partial charge in [0.15, 0.2) is 0 Å². The molecular formula is C33H39BrN2O4. The van der Waals surface area contributed by atoms with E-state index in [1.807, 2.05) is 57.2 Å². The summed E-state index contributed by atoms with van der Waals surface area (Å²) >= 11 is 3.48. The summed E-state index contributed by atoms with van der Waals surface area (Å²) in [4.78, 5) is 28.3. The van der Waals surface area contributed by atoms with E-state index in [9.17, 15) is 9.59 Å². The number of nitrogens with zero attached hydrogens (tertiary/aromatic N) is 1. The molecule has 7 heteroatoms. The van der Waals surface area contributed by atoms with Crippen molar-refractivity contribution < 1.29 is 19.1 Å². The smallest absolute Gasteiger partial charge is 0.410 e. The molecule has 0 aromatic heterocycles. The number of methoxy groups -OCH3 is 1. The fourth-order valence-electron chi connectivity index (χ4n) is 4.96. The number of benzene rings is 3. The van der Waals surface area contributed by atoms with Gasteiger partial charge in [-0.25, -0.2) is 4.79 Å². The molecule has 3 aromatic carbocycles. The van der Waals surface area contributed by atoms with E-state index in [0.717, 1.165) is 21.2 Å². The van der Waals surface area contributed by atoms with Crippen LogP contribution in [0.3, 0.4) is 0 Å². The fraction of sp³-hybridized carbons (Fsp3) is 0.394. The molecule has 1 fully saturated rings. The molecule has 6 nitrogen and oxygen atoms in total. The van der Waals surface area contributed by atoms with Gasteiger partial charge in [0.25, 0.3) is 5.91 Å². The second-order valence-corrected chi connectivity index (χ2v) is 13.3. The van der Waals surface area contributed by atoms with Crippen LogP contribution in [0, 0.1) is 0 Å². The number of rotatable bonds is 5. The first kappa shape index (κ1) is 29.7. The zero-order valence-corrected chi connectivity index (χ0v) is 26.0. The van der Waals surface area contributed by atoms with Crippen molar-refractivity contribution in [2.75, 3.05) is 13.7 Å². The van der Waals surface area contributed by atoms with E-state index in [2.05, 4.69) is 66.3 Å². The summed E-state index contributed by atoms with van der Waals surface area (Å²) in [5.74, 6) is 0.508. The Hall–Kier alpha value is -3.32. The second-order valence-electron chi connectivity index (χ2n) is 12.3. The third-order valence-corrected chi connectivity index (χ3v) is 7.57. The molecule has 1 N–H and O–H groups in total. The lowest BCUT2D eigenvalue weighted by molar-refractivity contribution is 0.0220. The van der Waals surface area contributed by atoms with Crippen LogP contribution in [-0.2, 0) is 10.2 Å². The van der Waals surface area contributed by atoms with E-state index in [1.165, 1.54) is 5.56 Å². The van der Waals surface area contributed by atoms with Gasteiger partial charge in [0.1, 0.15) is 11.4 Å². The van der Waals surface area contributed by atoms with Gasteiger partial charge < -0.3 is 14.8 Å². The van der Waals surface area contributed by atoms with E-state index >= 15 is 0 Å². The number of likely N-dealkylation sites (tertiary alicyclic amines) is 1. The zero-order valence-electron chi connectivity index (χ0n) is 24.4. The molecule has 2 amide bonds. The predicted octanol–water partition coefficient (Wildman–Crippen LogP) is 7.90. The number of carbonyl (C=O) groups excluding carboxylic acids is 2. The monoisotopic (exact) mass is 606 g/mol. The Morgan fingerprint density at radius 3 is 2.15 bits per heavy atom. The first-order valence-electron chi connectivity index (χ1n) is 13.6. The number of hydrogen-bond acceptors (Lipinski definition) is 4. The maximum atomic E-state index is 13.5. The van der Waals surface area contributed by atoms with Crippen molar-refractivity contribution in [3.8, 4) is 16.9 Å². The Bertz CT molecular complexity index is 1360. The highest BCUT2D eigenvalue weighted by Gasteiger charge is 2.39.